The maximum atomic E-state index is 12.2. The molecule has 116 valence electrons. The van der Waals surface area contributed by atoms with Gasteiger partial charge in [0.05, 0.1) is 6.10 Å². The topological polar surface area (TPSA) is 43.8 Å². The molecule has 2 aliphatic heterocycles. The predicted molar refractivity (Wildman–Crippen MR) is 80.5 cm³/mol. The second kappa shape index (κ2) is 7.99. The Morgan fingerprint density at radius 2 is 1.85 bits per heavy atom. The van der Waals surface area contributed by atoms with Crippen LogP contribution in [-0.2, 0) is 4.79 Å². The minimum absolute atomic E-state index is 0.178. The van der Waals surface area contributed by atoms with Crippen LogP contribution in [-0.4, -0.2) is 59.6 Å². The minimum atomic E-state index is -0.178. The molecule has 2 fully saturated rings. The first-order chi connectivity index (χ1) is 9.70. The number of amides is 1. The highest BCUT2D eigenvalue weighted by Gasteiger charge is 2.26. The Hall–Kier alpha value is -0.610. The fourth-order valence-electron chi connectivity index (χ4n) is 3.49. The van der Waals surface area contributed by atoms with Crippen LogP contribution in [0, 0.1) is 5.92 Å². The van der Waals surface area contributed by atoms with Gasteiger partial charge in [-0.15, -0.1) is 0 Å². The molecule has 0 saturated carbocycles. The van der Waals surface area contributed by atoms with Crippen LogP contribution in [0.3, 0.4) is 0 Å². The van der Waals surface area contributed by atoms with Crippen molar-refractivity contribution in [3.8, 4) is 0 Å². The van der Waals surface area contributed by atoms with E-state index in [0.29, 0.717) is 18.2 Å². The summed E-state index contributed by atoms with van der Waals surface area (Å²) < 4.78 is 0. The largest absolute Gasteiger partial charge is 0.393 e. The van der Waals surface area contributed by atoms with Crippen LogP contribution in [0.1, 0.15) is 51.9 Å². The van der Waals surface area contributed by atoms with E-state index in [0.717, 1.165) is 45.3 Å². The van der Waals surface area contributed by atoms with Crippen LogP contribution in [0.5, 0.6) is 0 Å². The average Bonchev–Trinajstić information content (AvgIpc) is 2.99. The van der Waals surface area contributed by atoms with E-state index in [9.17, 15) is 9.90 Å². The SMILES string of the molecule is CC[C@@H](O)C1CCN(C(=O)CCCN2CCCC2)CC1. The van der Waals surface area contributed by atoms with Gasteiger partial charge in [0.1, 0.15) is 0 Å². The number of piperidine rings is 1. The zero-order valence-electron chi connectivity index (χ0n) is 12.9. The number of aliphatic hydroxyl groups excluding tert-OH is 1. The van der Waals surface area contributed by atoms with E-state index in [1.165, 1.54) is 25.9 Å². The average molecular weight is 282 g/mol. The molecule has 1 amide bonds. The molecule has 0 aromatic carbocycles. The monoisotopic (exact) mass is 282 g/mol. The molecule has 0 aromatic heterocycles. The van der Waals surface area contributed by atoms with Crippen LogP contribution in [0.2, 0.25) is 0 Å². The molecule has 0 aliphatic carbocycles. The highest BCUT2D eigenvalue weighted by molar-refractivity contribution is 5.76. The Bertz CT molecular complexity index is 295. The van der Waals surface area contributed by atoms with Crippen molar-refractivity contribution in [2.24, 2.45) is 5.92 Å². The second-order valence-corrected chi connectivity index (χ2v) is 6.35. The van der Waals surface area contributed by atoms with E-state index in [4.69, 9.17) is 0 Å². The Morgan fingerprint density at radius 1 is 1.20 bits per heavy atom. The van der Waals surface area contributed by atoms with Gasteiger partial charge in [-0.2, -0.15) is 0 Å². The Labute approximate surface area is 123 Å². The third-order valence-electron chi connectivity index (χ3n) is 4.92. The quantitative estimate of drug-likeness (QED) is 0.809. The lowest BCUT2D eigenvalue weighted by Crippen LogP contribution is -2.41. The Morgan fingerprint density at radius 3 is 2.45 bits per heavy atom. The first kappa shape index (κ1) is 15.8. The third-order valence-corrected chi connectivity index (χ3v) is 4.92. The Balaban J connectivity index is 1.61. The molecule has 2 saturated heterocycles. The summed E-state index contributed by atoms with van der Waals surface area (Å²) in [7, 11) is 0. The molecule has 4 heteroatoms. The zero-order chi connectivity index (χ0) is 14.4. The van der Waals surface area contributed by atoms with Gasteiger partial charge in [-0.3, -0.25) is 4.79 Å². The van der Waals surface area contributed by atoms with Crippen LogP contribution < -0.4 is 0 Å². The number of likely N-dealkylation sites (tertiary alicyclic amines) is 2. The van der Waals surface area contributed by atoms with Crippen LogP contribution in [0.15, 0.2) is 0 Å². The maximum Gasteiger partial charge on any atom is 0.222 e. The first-order valence-electron chi connectivity index (χ1n) is 8.39. The van der Waals surface area contributed by atoms with Crippen molar-refractivity contribution in [1.82, 2.24) is 9.80 Å². The molecule has 2 rings (SSSR count). The van der Waals surface area contributed by atoms with Gasteiger partial charge in [0, 0.05) is 19.5 Å². The number of nitrogens with zero attached hydrogens (tertiary/aromatic N) is 2. The molecule has 0 radical (unpaired) electrons. The highest BCUT2D eigenvalue weighted by Crippen LogP contribution is 2.23. The molecule has 0 unspecified atom stereocenters. The van der Waals surface area contributed by atoms with E-state index in [1.54, 1.807) is 0 Å². The van der Waals surface area contributed by atoms with Crippen molar-refractivity contribution >= 4 is 5.91 Å². The van der Waals surface area contributed by atoms with E-state index < -0.39 is 0 Å². The highest BCUT2D eigenvalue weighted by atomic mass is 16.3. The molecule has 2 aliphatic rings. The summed E-state index contributed by atoms with van der Waals surface area (Å²) in [4.78, 5) is 16.6. The van der Waals surface area contributed by atoms with E-state index in [2.05, 4.69) is 4.90 Å². The van der Waals surface area contributed by atoms with Crippen LogP contribution in [0.4, 0.5) is 0 Å². The predicted octanol–water partition coefficient (Wildman–Crippen LogP) is 1.87. The molecule has 0 spiro atoms. The number of rotatable bonds is 6. The van der Waals surface area contributed by atoms with Crippen molar-refractivity contribution in [1.29, 1.82) is 0 Å². The van der Waals surface area contributed by atoms with Crippen molar-refractivity contribution < 1.29 is 9.90 Å². The molecular weight excluding hydrogens is 252 g/mol. The molecule has 0 bridgehead atoms. The summed E-state index contributed by atoms with van der Waals surface area (Å²) in [6, 6.07) is 0. The number of aliphatic hydroxyl groups is 1. The molecule has 1 N–H and O–H groups in total. The van der Waals surface area contributed by atoms with Gasteiger partial charge < -0.3 is 14.9 Å². The van der Waals surface area contributed by atoms with Gasteiger partial charge in [-0.1, -0.05) is 6.92 Å². The van der Waals surface area contributed by atoms with Gasteiger partial charge in [0.25, 0.3) is 0 Å². The lowest BCUT2D eigenvalue weighted by atomic mass is 9.90. The summed E-state index contributed by atoms with van der Waals surface area (Å²) in [5, 5.41) is 9.86. The first-order valence-corrected chi connectivity index (χ1v) is 8.39. The number of carbonyl (C=O) groups excluding carboxylic acids is 1. The van der Waals surface area contributed by atoms with E-state index >= 15 is 0 Å². The van der Waals surface area contributed by atoms with E-state index in [-0.39, 0.29) is 6.10 Å². The minimum Gasteiger partial charge on any atom is -0.393 e. The smallest absolute Gasteiger partial charge is 0.222 e. The standard InChI is InChI=1S/C16H30N2O2/c1-2-15(19)14-7-12-18(13-8-14)16(20)6-5-11-17-9-3-4-10-17/h14-15,19H,2-13H2,1H3/t15-/m1/s1. The molecule has 1 atom stereocenters. The van der Waals surface area contributed by atoms with Crippen LogP contribution >= 0.6 is 0 Å². The fraction of sp³-hybridized carbons (Fsp3) is 0.938. The normalized spacial score (nSPS) is 23.2. The molecule has 4 nitrogen and oxygen atoms in total. The summed E-state index contributed by atoms with van der Waals surface area (Å²) in [5.74, 6) is 0.710. The van der Waals surface area contributed by atoms with Gasteiger partial charge in [0.15, 0.2) is 0 Å². The number of hydrogen-bond acceptors (Lipinski definition) is 3. The van der Waals surface area contributed by atoms with Gasteiger partial charge in [-0.25, -0.2) is 0 Å². The molecule has 2 heterocycles. The molecule has 0 aromatic rings. The summed E-state index contributed by atoms with van der Waals surface area (Å²) in [6.07, 6.45) is 6.91. The number of hydrogen-bond donors (Lipinski definition) is 1. The fourth-order valence-corrected chi connectivity index (χ4v) is 3.49. The van der Waals surface area contributed by atoms with Crippen molar-refractivity contribution in [2.75, 3.05) is 32.7 Å². The van der Waals surface area contributed by atoms with Crippen molar-refractivity contribution in [3.05, 3.63) is 0 Å². The van der Waals surface area contributed by atoms with Crippen molar-refractivity contribution in [3.63, 3.8) is 0 Å². The van der Waals surface area contributed by atoms with Gasteiger partial charge >= 0.3 is 0 Å². The van der Waals surface area contributed by atoms with E-state index in [1.807, 2.05) is 11.8 Å². The second-order valence-electron chi connectivity index (χ2n) is 6.35. The zero-order valence-corrected chi connectivity index (χ0v) is 12.9. The Kier molecular flexibility index (Phi) is 6.30. The molecule has 20 heavy (non-hydrogen) atoms. The lowest BCUT2D eigenvalue weighted by molar-refractivity contribution is -0.133. The molecular formula is C16H30N2O2. The third kappa shape index (κ3) is 4.45. The summed E-state index contributed by atoms with van der Waals surface area (Å²) >= 11 is 0. The van der Waals surface area contributed by atoms with Crippen LogP contribution in [0.25, 0.3) is 0 Å². The number of carbonyl (C=O) groups is 1. The maximum absolute atomic E-state index is 12.2. The summed E-state index contributed by atoms with van der Waals surface area (Å²) in [6.45, 7) is 7.22. The van der Waals surface area contributed by atoms with Gasteiger partial charge in [0.2, 0.25) is 5.91 Å². The lowest BCUT2D eigenvalue weighted by Gasteiger charge is -2.34. The van der Waals surface area contributed by atoms with Crippen molar-refractivity contribution in [2.45, 2.75) is 58.0 Å². The summed E-state index contributed by atoms with van der Waals surface area (Å²) in [5.41, 5.74) is 0. The van der Waals surface area contributed by atoms with Gasteiger partial charge in [-0.05, 0) is 64.1 Å².